The number of hydrogen-bond acceptors (Lipinski definition) is 6. The third-order valence-corrected chi connectivity index (χ3v) is 4.85. The molecule has 1 aromatic heterocycles. The van der Waals surface area contributed by atoms with Crippen molar-refractivity contribution in [2.24, 2.45) is 0 Å². The van der Waals surface area contributed by atoms with E-state index in [2.05, 4.69) is 9.71 Å². The zero-order valence-electron chi connectivity index (χ0n) is 11.1. The molecule has 0 spiro atoms. The first-order chi connectivity index (χ1) is 9.42. The topological polar surface area (TPSA) is 94.3 Å². The minimum atomic E-state index is -3.62. The maximum absolute atomic E-state index is 12.2. The summed E-state index contributed by atoms with van der Waals surface area (Å²) in [6, 6.07) is 4.33. The Kier molecular flexibility index (Phi) is 4.26. The molecule has 2 aromatic rings. The normalized spacial score (nSPS) is 11.5. The minimum Gasteiger partial charge on any atom is -0.495 e. The van der Waals surface area contributed by atoms with Gasteiger partial charge in [-0.05, 0) is 19.1 Å². The summed E-state index contributed by atoms with van der Waals surface area (Å²) in [4.78, 5) is 4.31. The Morgan fingerprint density at radius 1 is 1.45 bits per heavy atom. The predicted octanol–water partition coefficient (Wildman–Crippen LogP) is 1.52. The SMILES string of the molecule is COc1cc(S(=O)(=O)NCc2csc(C)n2)ccc1N. The highest BCUT2D eigenvalue weighted by molar-refractivity contribution is 7.89. The summed E-state index contributed by atoms with van der Waals surface area (Å²) in [6.45, 7) is 2.02. The molecule has 3 N–H and O–H groups in total. The maximum atomic E-state index is 12.2. The predicted molar refractivity (Wildman–Crippen MR) is 78.3 cm³/mol. The zero-order chi connectivity index (χ0) is 14.8. The highest BCUT2D eigenvalue weighted by Crippen LogP contribution is 2.24. The van der Waals surface area contributed by atoms with Crippen LogP contribution in [0.4, 0.5) is 5.69 Å². The minimum absolute atomic E-state index is 0.107. The summed E-state index contributed by atoms with van der Waals surface area (Å²) in [5, 5.41) is 2.72. The van der Waals surface area contributed by atoms with Gasteiger partial charge in [-0.2, -0.15) is 0 Å². The van der Waals surface area contributed by atoms with Crippen molar-refractivity contribution in [3.05, 3.63) is 34.3 Å². The number of thiazole rings is 1. The quantitative estimate of drug-likeness (QED) is 0.816. The molecule has 0 amide bonds. The molecule has 2 rings (SSSR count). The average Bonchev–Trinajstić information content (AvgIpc) is 2.83. The van der Waals surface area contributed by atoms with E-state index in [-0.39, 0.29) is 11.4 Å². The van der Waals surface area contributed by atoms with Gasteiger partial charge in [0.15, 0.2) is 0 Å². The van der Waals surface area contributed by atoms with Crippen molar-refractivity contribution in [2.45, 2.75) is 18.4 Å². The van der Waals surface area contributed by atoms with Crippen molar-refractivity contribution in [3.63, 3.8) is 0 Å². The Balaban J connectivity index is 2.17. The van der Waals surface area contributed by atoms with Crippen molar-refractivity contribution in [1.29, 1.82) is 0 Å². The molecule has 20 heavy (non-hydrogen) atoms. The molecule has 1 aromatic carbocycles. The summed E-state index contributed by atoms with van der Waals surface area (Å²) in [6.07, 6.45) is 0. The van der Waals surface area contributed by atoms with E-state index in [1.165, 1.54) is 36.6 Å². The van der Waals surface area contributed by atoms with Crippen molar-refractivity contribution in [1.82, 2.24) is 9.71 Å². The van der Waals surface area contributed by atoms with Gasteiger partial charge in [0.25, 0.3) is 0 Å². The van der Waals surface area contributed by atoms with Crippen molar-refractivity contribution >= 4 is 27.0 Å². The van der Waals surface area contributed by atoms with Gasteiger partial charge in [0.1, 0.15) is 5.75 Å². The van der Waals surface area contributed by atoms with Gasteiger partial charge < -0.3 is 10.5 Å². The van der Waals surface area contributed by atoms with Crippen molar-refractivity contribution in [2.75, 3.05) is 12.8 Å². The summed E-state index contributed by atoms with van der Waals surface area (Å²) >= 11 is 1.48. The first-order valence-corrected chi connectivity index (χ1v) is 8.13. The Labute approximate surface area is 121 Å². The van der Waals surface area contributed by atoms with Crippen LogP contribution >= 0.6 is 11.3 Å². The van der Waals surface area contributed by atoms with E-state index < -0.39 is 10.0 Å². The maximum Gasteiger partial charge on any atom is 0.241 e. The number of nitrogens with two attached hydrogens (primary N) is 1. The van der Waals surface area contributed by atoms with Crippen LogP contribution in [0.15, 0.2) is 28.5 Å². The van der Waals surface area contributed by atoms with Crippen LogP contribution in [0.5, 0.6) is 5.75 Å². The molecule has 1 heterocycles. The van der Waals surface area contributed by atoms with Gasteiger partial charge in [0.05, 0.1) is 34.9 Å². The molecule has 0 aliphatic carbocycles. The zero-order valence-corrected chi connectivity index (χ0v) is 12.7. The summed E-state index contributed by atoms with van der Waals surface area (Å²) in [5.41, 5.74) is 6.75. The molecule has 0 bridgehead atoms. The van der Waals surface area contributed by atoms with Gasteiger partial charge in [-0.15, -0.1) is 11.3 Å². The molecule has 0 unspecified atom stereocenters. The van der Waals surface area contributed by atoms with Crippen molar-refractivity contribution < 1.29 is 13.2 Å². The largest absolute Gasteiger partial charge is 0.495 e. The number of aryl methyl sites for hydroxylation is 1. The van der Waals surface area contributed by atoms with Crippen LogP contribution in [0.2, 0.25) is 0 Å². The Morgan fingerprint density at radius 2 is 2.20 bits per heavy atom. The number of methoxy groups -OCH3 is 1. The highest BCUT2D eigenvalue weighted by atomic mass is 32.2. The standard InChI is InChI=1S/C12H15N3O3S2/c1-8-15-9(7-19-8)6-14-20(16,17)10-3-4-11(13)12(5-10)18-2/h3-5,7,14H,6,13H2,1-2H3. The number of nitrogens with one attached hydrogen (secondary N) is 1. The Bertz CT molecular complexity index is 710. The summed E-state index contributed by atoms with van der Waals surface area (Å²) in [5.74, 6) is 0.331. The second-order valence-corrected chi connectivity index (χ2v) is 6.92. The van der Waals surface area contributed by atoms with Gasteiger partial charge in [-0.1, -0.05) is 0 Å². The number of rotatable bonds is 5. The van der Waals surface area contributed by atoms with Gasteiger partial charge in [0, 0.05) is 11.4 Å². The van der Waals surface area contributed by atoms with Crippen molar-refractivity contribution in [3.8, 4) is 5.75 Å². The lowest BCUT2D eigenvalue weighted by molar-refractivity contribution is 0.415. The van der Waals surface area contributed by atoms with E-state index in [0.717, 1.165) is 5.01 Å². The van der Waals surface area contributed by atoms with Gasteiger partial charge in [-0.3, -0.25) is 0 Å². The lowest BCUT2D eigenvalue weighted by Crippen LogP contribution is -2.23. The van der Waals surface area contributed by atoms with E-state index >= 15 is 0 Å². The molecule has 0 fully saturated rings. The second kappa shape index (κ2) is 5.78. The highest BCUT2D eigenvalue weighted by Gasteiger charge is 2.16. The van der Waals surface area contributed by atoms with Crippen LogP contribution in [0.1, 0.15) is 10.7 Å². The second-order valence-electron chi connectivity index (χ2n) is 4.09. The van der Waals surface area contributed by atoms with Crippen LogP contribution in [0.3, 0.4) is 0 Å². The third kappa shape index (κ3) is 3.27. The first kappa shape index (κ1) is 14.8. The fourth-order valence-corrected chi connectivity index (χ4v) is 3.23. The van der Waals surface area contributed by atoms with E-state index in [0.29, 0.717) is 17.1 Å². The third-order valence-electron chi connectivity index (χ3n) is 2.63. The van der Waals surface area contributed by atoms with E-state index in [4.69, 9.17) is 10.5 Å². The molecule has 6 nitrogen and oxygen atoms in total. The smallest absolute Gasteiger partial charge is 0.241 e. The fraction of sp³-hybridized carbons (Fsp3) is 0.250. The first-order valence-electron chi connectivity index (χ1n) is 5.76. The van der Waals surface area contributed by atoms with Crippen LogP contribution in [-0.4, -0.2) is 20.5 Å². The fourth-order valence-electron chi connectivity index (χ4n) is 1.60. The number of hydrogen-bond donors (Lipinski definition) is 2. The number of nitrogen functional groups attached to an aromatic ring is 1. The molecular formula is C12H15N3O3S2. The van der Waals surface area contributed by atoms with Crippen LogP contribution in [0.25, 0.3) is 0 Å². The molecule has 0 aliphatic rings. The monoisotopic (exact) mass is 313 g/mol. The van der Waals surface area contributed by atoms with Crippen LogP contribution in [0, 0.1) is 6.92 Å². The average molecular weight is 313 g/mol. The molecule has 0 saturated carbocycles. The van der Waals surface area contributed by atoms with E-state index in [1.807, 2.05) is 12.3 Å². The Morgan fingerprint density at radius 3 is 2.80 bits per heavy atom. The number of sulfonamides is 1. The molecule has 0 radical (unpaired) electrons. The van der Waals surface area contributed by atoms with Crippen LogP contribution in [-0.2, 0) is 16.6 Å². The summed E-state index contributed by atoms with van der Waals surface area (Å²) in [7, 11) is -2.18. The lowest BCUT2D eigenvalue weighted by Gasteiger charge is -2.09. The molecule has 8 heteroatoms. The lowest BCUT2D eigenvalue weighted by atomic mass is 10.3. The summed E-state index contributed by atoms with van der Waals surface area (Å²) < 4.78 is 31.8. The molecule has 108 valence electrons. The van der Waals surface area contributed by atoms with Gasteiger partial charge >= 0.3 is 0 Å². The van der Waals surface area contributed by atoms with E-state index in [9.17, 15) is 8.42 Å². The molecule has 0 saturated heterocycles. The van der Waals surface area contributed by atoms with Crippen LogP contribution < -0.4 is 15.2 Å². The number of benzene rings is 1. The number of ether oxygens (including phenoxy) is 1. The van der Waals surface area contributed by atoms with Gasteiger partial charge in [-0.25, -0.2) is 18.1 Å². The molecule has 0 atom stereocenters. The number of anilines is 1. The Hall–Kier alpha value is -1.64. The number of aromatic nitrogens is 1. The molecular weight excluding hydrogens is 298 g/mol. The van der Waals surface area contributed by atoms with E-state index in [1.54, 1.807) is 0 Å². The van der Waals surface area contributed by atoms with Gasteiger partial charge in [0.2, 0.25) is 10.0 Å². The number of nitrogens with zero attached hydrogens (tertiary/aromatic N) is 1. The molecule has 0 aliphatic heterocycles.